The highest BCUT2D eigenvalue weighted by atomic mass is 16.6. The van der Waals surface area contributed by atoms with Crippen molar-refractivity contribution in [2.75, 3.05) is 13.7 Å². The maximum absolute atomic E-state index is 13.4. The number of rotatable bonds is 11. The number of aliphatic hydroxyl groups excluding tert-OH is 2. The van der Waals surface area contributed by atoms with Gasteiger partial charge in [0.2, 0.25) is 0 Å². The predicted molar refractivity (Wildman–Crippen MR) is 159 cm³/mol. The lowest BCUT2D eigenvalue weighted by Gasteiger charge is -2.40. The van der Waals surface area contributed by atoms with Crippen molar-refractivity contribution in [3.8, 4) is 0 Å². The Kier molecular flexibility index (Phi) is 11.3. The van der Waals surface area contributed by atoms with Gasteiger partial charge in [-0.3, -0.25) is 4.79 Å². The fourth-order valence-corrected chi connectivity index (χ4v) is 7.47. The lowest BCUT2D eigenvalue weighted by atomic mass is 9.65. The zero-order valence-electron chi connectivity index (χ0n) is 25.9. The van der Waals surface area contributed by atoms with E-state index in [0.717, 1.165) is 56.9 Å². The van der Waals surface area contributed by atoms with E-state index in [-0.39, 0.29) is 72.1 Å². The predicted octanol–water partition coefficient (Wildman–Crippen LogP) is 5.76. The second kappa shape index (κ2) is 14.5. The number of esters is 1. The SMILES string of the molecule is C=C1OC(=O)C(C(=O)C(C)C2[C@H](/C=C(\CO)C3O[C@@H](/C=C/C[C@@H]4CC[C@@H]([C@@H](C)OC)O4)CC[C@@H]3C)CCC[C@@H]2C)=C1O. The van der Waals surface area contributed by atoms with Crippen LogP contribution in [0, 0.1) is 29.6 Å². The van der Waals surface area contributed by atoms with Crippen molar-refractivity contribution in [3.63, 3.8) is 0 Å². The summed E-state index contributed by atoms with van der Waals surface area (Å²) in [7, 11) is 1.72. The molecular formula is C34H50O8. The highest BCUT2D eigenvalue weighted by Gasteiger charge is 2.43. The molecule has 2 N–H and O–H groups in total. The van der Waals surface area contributed by atoms with Gasteiger partial charge in [0.15, 0.2) is 17.3 Å². The van der Waals surface area contributed by atoms with Crippen LogP contribution >= 0.6 is 0 Å². The Hall–Kier alpha value is -2.26. The smallest absolute Gasteiger partial charge is 0.351 e. The summed E-state index contributed by atoms with van der Waals surface area (Å²) in [6, 6.07) is 0. The molecule has 42 heavy (non-hydrogen) atoms. The van der Waals surface area contributed by atoms with Crippen LogP contribution < -0.4 is 0 Å². The van der Waals surface area contributed by atoms with E-state index in [9.17, 15) is 19.8 Å². The Morgan fingerprint density at radius 3 is 2.52 bits per heavy atom. The summed E-state index contributed by atoms with van der Waals surface area (Å²) >= 11 is 0. The summed E-state index contributed by atoms with van der Waals surface area (Å²) < 4.78 is 23.1. The number of allylic oxidation sites excluding steroid dienone is 1. The number of hydrogen-bond donors (Lipinski definition) is 2. The quantitative estimate of drug-likeness (QED) is 0.179. The lowest BCUT2D eigenvalue weighted by Crippen LogP contribution is -2.38. The van der Waals surface area contributed by atoms with Crippen LogP contribution in [-0.4, -0.2) is 66.2 Å². The molecule has 0 aromatic heterocycles. The van der Waals surface area contributed by atoms with Crippen LogP contribution in [-0.2, 0) is 28.5 Å². The molecule has 234 valence electrons. The highest BCUT2D eigenvalue weighted by Crippen LogP contribution is 2.43. The van der Waals surface area contributed by atoms with Crippen LogP contribution in [0.5, 0.6) is 0 Å². The van der Waals surface area contributed by atoms with Crippen molar-refractivity contribution >= 4 is 11.8 Å². The van der Waals surface area contributed by atoms with E-state index < -0.39 is 23.4 Å². The van der Waals surface area contributed by atoms with Crippen LogP contribution in [0.4, 0.5) is 0 Å². The molecule has 8 heteroatoms. The Bertz CT molecular complexity index is 1090. The molecule has 0 bridgehead atoms. The van der Waals surface area contributed by atoms with Gasteiger partial charge in [0, 0.05) is 13.0 Å². The van der Waals surface area contributed by atoms with E-state index >= 15 is 0 Å². The van der Waals surface area contributed by atoms with Crippen molar-refractivity contribution in [2.45, 2.75) is 110 Å². The topological polar surface area (TPSA) is 112 Å². The maximum Gasteiger partial charge on any atom is 0.351 e. The molecule has 4 aliphatic rings. The first-order chi connectivity index (χ1) is 20.0. The third-order valence-electron chi connectivity index (χ3n) is 10.0. The van der Waals surface area contributed by atoms with E-state index in [1.54, 1.807) is 7.11 Å². The Labute approximate surface area is 250 Å². The Morgan fingerprint density at radius 2 is 1.86 bits per heavy atom. The molecule has 2 saturated heterocycles. The largest absolute Gasteiger partial charge is 0.504 e. The third kappa shape index (κ3) is 7.26. The zero-order valence-corrected chi connectivity index (χ0v) is 25.9. The van der Waals surface area contributed by atoms with Gasteiger partial charge >= 0.3 is 5.97 Å². The number of aliphatic hydroxyl groups is 2. The molecule has 1 saturated carbocycles. The molecule has 10 atom stereocenters. The summed E-state index contributed by atoms with van der Waals surface area (Å²) in [6.45, 7) is 11.6. The fraction of sp³-hybridized carbons (Fsp3) is 0.706. The zero-order chi connectivity index (χ0) is 30.6. The molecular weight excluding hydrogens is 536 g/mol. The summed E-state index contributed by atoms with van der Waals surface area (Å²) in [5.74, 6) is -1.95. The number of carbonyl (C=O) groups is 2. The number of methoxy groups -OCH3 is 1. The molecule has 0 aromatic carbocycles. The minimum absolute atomic E-state index is 0.0331. The van der Waals surface area contributed by atoms with E-state index in [2.05, 4.69) is 38.7 Å². The van der Waals surface area contributed by atoms with Crippen LogP contribution in [0.2, 0.25) is 0 Å². The van der Waals surface area contributed by atoms with Crippen molar-refractivity contribution < 1.29 is 38.7 Å². The highest BCUT2D eigenvalue weighted by molar-refractivity contribution is 6.20. The molecule has 3 unspecified atom stereocenters. The van der Waals surface area contributed by atoms with Gasteiger partial charge in [-0.05, 0) is 74.7 Å². The number of hydrogen-bond acceptors (Lipinski definition) is 8. The molecule has 1 aliphatic carbocycles. The van der Waals surface area contributed by atoms with Gasteiger partial charge in [-0.2, -0.15) is 0 Å². The van der Waals surface area contributed by atoms with Crippen molar-refractivity contribution in [1.82, 2.24) is 0 Å². The van der Waals surface area contributed by atoms with Gasteiger partial charge < -0.3 is 29.2 Å². The standard InChI is InChI=1S/C34H50O8/c1-19-9-7-10-24(29(19)21(3)31(36)30-32(37)23(5)40-34(30)38)17-25(18-35)33-20(2)13-14-27(42-33)12-8-11-26-15-16-28(41-26)22(4)39-6/h8,12,17,19-22,24,26-29,33,35,37H,5,7,9-11,13-16,18H2,1-4,6H3/b12-8+,25-17+/t19-,20-,21?,22+,24-,26+,27-,28-,29?,33?/m0/s1. The average Bonchev–Trinajstić information content (AvgIpc) is 3.54. The monoisotopic (exact) mass is 586 g/mol. The molecule has 0 amide bonds. The van der Waals surface area contributed by atoms with Gasteiger partial charge in [-0.1, -0.05) is 58.4 Å². The van der Waals surface area contributed by atoms with Crippen molar-refractivity contribution in [2.24, 2.45) is 29.6 Å². The molecule has 0 spiro atoms. The first-order valence-electron chi connectivity index (χ1n) is 15.8. The van der Waals surface area contributed by atoms with Crippen molar-refractivity contribution in [3.05, 3.63) is 47.5 Å². The Balaban J connectivity index is 1.44. The minimum atomic E-state index is -0.840. The fourth-order valence-electron chi connectivity index (χ4n) is 7.47. The molecule has 3 fully saturated rings. The summed E-state index contributed by atoms with van der Waals surface area (Å²) in [5.41, 5.74) is 0.552. The van der Waals surface area contributed by atoms with Crippen LogP contribution in [0.3, 0.4) is 0 Å². The number of Topliss-reactive ketones (excluding diaryl/α,β-unsaturated/α-hetero) is 1. The number of cyclic esters (lactones) is 1. The summed E-state index contributed by atoms with van der Waals surface area (Å²) in [6.07, 6.45) is 14.3. The second-order valence-electron chi connectivity index (χ2n) is 12.9. The number of carbonyl (C=O) groups excluding carboxylic acids is 2. The van der Waals surface area contributed by atoms with Gasteiger partial charge in [-0.25, -0.2) is 4.79 Å². The minimum Gasteiger partial charge on any atom is -0.504 e. The van der Waals surface area contributed by atoms with Crippen LogP contribution in [0.25, 0.3) is 0 Å². The van der Waals surface area contributed by atoms with Gasteiger partial charge in [0.1, 0.15) is 5.57 Å². The van der Waals surface area contributed by atoms with Crippen LogP contribution in [0.1, 0.15) is 79.1 Å². The molecule has 3 heterocycles. The molecule has 8 nitrogen and oxygen atoms in total. The van der Waals surface area contributed by atoms with E-state index in [1.165, 1.54) is 0 Å². The van der Waals surface area contributed by atoms with E-state index in [1.807, 2.05) is 13.8 Å². The van der Waals surface area contributed by atoms with Crippen LogP contribution in [0.15, 0.2) is 47.5 Å². The summed E-state index contributed by atoms with van der Waals surface area (Å²) in [5, 5.41) is 20.8. The molecule has 0 aromatic rings. The normalized spacial score (nSPS) is 36.0. The summed E-state index contributed by atoms with van der Waals surface area (Å²) in [4.78, 5) is 25.7. The molecule has 0 radical (unpaired) electrons. The van der Waals surface area contributed by atoms with Gasteiger partial charge in [0.25, 0.3) is 0 Å². The third-order valence-corrected chi connectivity index (χ3v) is 10.0. The van der Waals surface area contributed by atoms with Gasteiger partial charge in [-0.15, -0.1) is 0 Å². The molecule has 3 aliphatic heterocycles. The Morgan fingerprint density at radius 1 is 1.10 bits per heavy atom. The van der Waals surface area contributed by atoms with Gasteiger partial charge in [0.05, 0.1) is 37.1 Å². The first kappa shape index (κ1) is 32.6. The van der Waals surface area contributed by atoms with Crippen molar-refractivity contribution in [1.29, 1.82) is 0 Å². The van der Waals surface area contributed by atoms with E-state index in [4.69, 9.17) is 18.9 Å². The first-order valence-corrected chi connectivity index (χ1v) is 15.8. The maximum atomic E-state index is 13.4. The number of ketones is 1. The second-order valence-corrected chi connectivity index (χ2v) is 12.9. The molecule has 4 rings (SSSR count). The average molecular weight is 587 g/mol. The van der Waals surface area contributed by atoms with E-state index in [0.29, 0.717) is 0 Å². The number of ether oxygens (including phenoxy) is 4. The lowest BCUT2D eigenvalue weighted by molar-refractivity contribution is -0.136.